The first-order chi connectivity index (χ1) is 10.8. The fraction of sp³-hybridized carbons (Fsp3) is 0.188. The lowest BCUT2D eigenvalue weighted by atomic mass is 10.2. The van der Waals surface area contributed by atoms with E-state index in [9.17, 15) is 13.2 Å². The van der Waals surface area contributed by atoms with Crippen molar-refractivity contribution in [3.8, 4) is 0 Å². The van der Waals surface area contributed by atoms with E-state index in [1.165, 1.54) is 0 Å². The SMILES string of the molecule is Cc1cccc(N(CC(=O)Nc2ccc(I)cc2)S(C)(=O)=O)c1. The lowest BCUT2D eigenvalue weighted by molar-refractivity contribution is -0.114. The lowest BCUT2D eigenvalue weighted by Crippen LogP contribution is -2.37. The molecule has 0 aliphatic carbocycles. The van der Waals surface area contributed by atoms with E-state index in [1.807, 2.05) is 25.1 Å². The van der Waals surface area contributed by atoms with Crippen LogP contribution in [0, 0.1) is 10.5 Å². The van der Waals surface area contributed by atoms with Gasteiger partial charge in [-0.15, -0.1) is 0 Å². The highest BCUT2D eigenvalue weighted by molar-refractivity contribution is 14.1. The Kier molecular flexibility index (Phi) is 5.64. The Bertz CT molecular complexity index is 804. The fourth-order valence-electron chi connectivity index (χ4n) is 2.05. The number of carbonyl (C=O) groups excluding carboxylic acids is 1. The smallest absolute Gasteiger partial charge is 0.245 e. The van der Waals surface area contributed by atoms with Gasteiger partial charge in [-0.05, 0) is 71.5 Å². The summed E-state index contributed by atoms with van der Waals surface area (Å²) in [4.78, 5) is 12.2. The van der Waals surface area contributed by atoms with Gasteiger partial charge in [-0.1, -0.05) is 12.1 Å². The zero-order valence-electron chi connectivity index (χ0n) is 12.8. The second-order valence-corrected chi connectivity index (χ2v) is 8.32. The van der Waals surface area contributed by atoms with Crippen LogP contribution in [-0.4, -0.2) is 27.1 Å². The van der Waals surface area contributed by atoms with E-state index in [0.29, 0.717) is 11.4 Å². The van der Waals surface area contributed by atoms with Gasteiger partial charge in [0.2, 0.25) is 15.9 Å². The van der Waals surface area contributed by atoms with Gasteiger partial charge >= 0.3 is 0 Å². The van der Waals surface area contributed by atoms with Gasteiger partial charge in [0.05, 0.1) is 11.9 Å². The summed E-state index contributed by atoms with van der Waals surface area (Å²) >= 11 is 2.17. The number of benzene rings is 2. The molecule has 2 aromatic rings. The molecular formula is C16H17IN2O3S. The number of carbonyl (C=O) groups is 1. The summed E-state index contributed by atoms with van der Waals surface area (Å²) in [5.74, 6) is -0.391. The van der Waals surface area contributed by atoms with Crippen LogP contribution < -0.4 is 9.62 Å². The molecule has 122 valence electrons. The number of sulfonamides is 1. The second kappa shape index (κ2) is 7.31. The minimum atomic E-state index is -3.56. The molecule has 0 unspecified atom stereocenters. The first-order valence-electron chi connectivity index (χ1n) is 6.85. The number of amides is 1. The van der Waals surface area contributed by atoms with Crippen molar-refractivity contribution in [3.05, 3.63) is 57.7 Å². The van der Waals surface area contributed by atoms with Crippen LogP contribution in [0.5, 0.6) is 0 Å². The molecule has 7 heteroatoms. The van der Waals surface area contributed by atoms with Gasteiger partial charge in [0.15, 0.2) is 0 Å². The highest BCUT2D eigenvalue weighted by Gasteiger charge is 2.20. The van der Waals surface area contributed by atoms with Crippen molar-refractivity contribution in [2.75, 3.05) is 22.4 Å². The van der Waals surface area contributed by atoms with Crippen LogP contribution in [0.3, 0.4) is 0 Å². The van der Waals surface area contributed by atoms with E-state index in [4.69, 9.17) is 0 Å². The summed E-state index contributed by atoms with van der Waals surface area (Å²) in [6, 6.07) is 14.3. The van der Waals surface area contributed by atoms with Crippen LogP contribution >= 0.6 is 22.6 Å². The number of nitrogens with one attached hydrogen (secondary N) is 1. The zero-order chi connectivity index (χ0) is 17.0. The molecule has 1 N–H and O–H groups in total. The van der Waals surface area contributed by atoms with Gasteiger partial charge < -0.3 is 5.32 Å². The number of halogens is 1. The summed E-state index contributed by atoms with van der Waals surface area (Å²) < 4.78 is 26.2. The second-order valence-electron chi connectivity index (χ2n) is 5.16. The van der Waals surface area contributed by atoms with Gasteiger partial charge in [-0.2, -0.15) is 0 Å². The third kappa shape index (κ3) is 5.21. The van der Waals surface area contributed by atoms with E-state index < -0.39 is 15.9 Å². The Morgan fingerprint density at radius 1 is 1.17 bits per heavy atom. The number of hydrogen-bond acceptors (Lipinski definition) is 3. The molecule has 5 nitrogen and oxygen atoms in total. The van der Waals surface area contributed by atoms with Gasteiger partial charge in [-0.3, -0.25) is 9.10 Å². The molecule has 0 aliphatic heterocycles. The molecule has 0 fully saturated rings. The summed E-state index contributed by atoms with van der Waals surface area (Å²) in [6.45, 7) is 1.60. The highest BCUT2D eigenvalue weighted by Crippen LogP contribution is 2.19. The van der Waals surface area contributed by atoms with Crippen molar-refractivity contribution in [1.82, 2.24) is 0 Å². The molecule has 0 bridgehead atoms. The quantitative estimate of drug-likeness (QED) is 0.722. The van der Waals surface area contributed by atoms with E-state index in [2.05, 4.69) is 27.9 Å². The van der Waals surface area contributed by atoms with E-state index in [-0.39, 0.29) is 6.54 Å². The Hall–Kier alpha value is -1.61. The molecule has 2 aromatic carbocycles. The third-order valence-corrected chi connectivity index (χ3v) is 4.96. The Morgan fingerprint density at radius 2 is 1.83 bits per heavy atom. The third-order valence-electron chi connectivity index (χ3n) is 3.11. The number of anilines is 2. The molecule has 2 rings (SSSR count). The van der Waals surface area contributed by atoms with Crippen molar-refractivity contribution < 1.29 is 13.2 Å². The van der Waals surface area contributed by atoms with Crippen molar-refractivity contribution in [1.29, 1.82) is 0 Å². The van der Waals surface area contributed by atoms with E-state index in [0.717, 1.165) is 19.7 Å². The molecule has 0 saturated heterocycles. The molecule has 1 amide bonds. The topological polar surface area (TPSA) is 66.5 Å². The monoisotopic (exact) mass is 444 g/mol. The van der Waals surface area contributed by atoms with Crippen LogP contribution in [0.15, 0.2) is 48.5 Å². The maximum atomic E-state index is 12.2. The summed E-state index contributed by atoms with van der Waals surface area (Å²) in [5.41, 5.74) is 2.03. The average molecular weight is 444 g/mol. The van der Waals surface area contributed by atoms with Crippen molar-refractivity contribution in [3.63, 3.8) is 0 Å². The summed E-state index contributed by atoms with van der Waals surface area (Å²) in [6.07, 6.45) is 1.09. The normalized spacial score (nSPS) is 11.1. The Morgan fingerprint density at radius 3 is 2.39 bits per heavy atom. The molecule has 0 radical (unpaired) electrons. The first-order valence-corrected chi connectivity index (χ1v) is 9.78. The van der Waals surface area contributed by atoms with Gasteiger partial charge in [0.25, 0.3) is 0 Å². The van der Waals surface area contributed by atoms with Gasteiger partial charge in [0.1, 0.15) is 6.54 Å². The average Bonchev–Trinajstić information content (AvgIpc) is 2.46. The van der Waals surface area contributed by atoms with Crippen molar-refractivity contribution in [2.45, 2.75) is 6.92 Å². The Balaban J connectivity index is 2.18. The van der Waals surface area contributed by atoms with Crippen molar-refractivity contribution >= 4 is 49.9 Å². The highest BCUT2D eigenvalue weighted by atomic mass is 127. The molecule has 0 heterocycles. The number of hydrogen-bond donors (Lipinski definition) is 1. The summed E-state index contributed by atoms with van der Waals surface area (Å²) in [7, 11) is -3.56. The molecule has 0 atom stereocenters. The largest absolute Gasteiger partial charge is 0.325 e. The first kappa shape index (κ1) is 17.7. The maximum Gasteiger partial charge on any atom is 0.245 e. The van der Waals surface area contributed by atoms with E-state index >= 15 is 0 Å². The van der Waals surface area contributed by atoms with Gasteiger partial charge in [-0.25, -0.2) is 8.42 Å². The predicted molar refractivity (Wildman–Crippen MR) is 101 cm³/mol. The van der Waals surface area contributed by atoms with Crippen LogP contribution in [0.25, 0.3) is 0 Å². The standard InChI is InChI=1S/C16H17IN2O3S/c1-12-4-3-5-15(10-12)19(23(2,21)22)11-16(20)18-14-8-6-13(17)7-9-14/h3-10H,11H2,1-2H3,(H,18,20). The Labute approximate surface area is 149 Å². The van der Waals surface area contributed by atoms with Crippen LogP contribution in [0.1, 0.15) is 5.56 Å². The van der Waals surface area contributed by atoms with Crippen molar-refractivity contribution in [2.24, 2.45) is 0 Å². The number of rotatable bonds is 5. The maximum absolute atomic E-state index is 12.2. The number of nitrogens with zero attached hydrogens (tertiary/aromatic N) is 1. The van der Waals surface area contributed by atoms with E-state index in [1.54, 1.807) is 30.3 Å². The molecule has 0 saturated carbocycles. The van der Waals surface area contributed by atoms with Gasteiger partial charge in [0, 0.05) is 9.26 Å². The fourth-order valence-corrected chi connectivity index (χ4v) is 3.26. The molecule has 0 spiro atoms. The lowest BCUT2D eigenvalue weighted by Gasteiger charge is -2.22. The molecular weight excluding hydrogens is 427 g/mol. The van der Waals surface area contributed by atoms with Crippen LogP contribution in [0.4, 0.5) is 11.4 Å². The zero-order valence-corrected chi connectivity index (χ0v) is 15.8. The minimum Gasteiger partial charge on any atom is -0.325 e. The minimum absolute atomic E-state index is 0.270. The summed E-state index contributed by atoms with van der Waals surface area (Å²) in [5, 5.41) is 2.71. The molecule has 0 aromatic heterocycles. The van der Waals surface area contributed by atoms with Crippen LogP contribution in [-0.2, 0) is 14.8 Å². The van der Waals surface area contributed by atoms with Crippen LogP contribution in [0.2, 0.25) is 0 Å². The molecule has 23 heavy (non-hydrogen) atoms. The molecule has 0 aliphatic rings. The predicted octanol–water partition coefficient (Wildman–Crippen LogP) is 3.00. The number of aryl methyl sites for hydroxylation is 1.